The Bertz CT molecular complexity index is 511. The summed E-state index contributed by atoms with van der Waals surface area (Å²) in [5.41, 5.74) is 0. The minimum atomic E-state index is -0.145. The Balaban J connectivity index is 2.02. The lowest BCUT2D eigenvalue weighted by atomic mass is 9.93. The van der Waals surface area contributed by atoms with Crippen LogP contribution in [0.1, 0.15) is 89.9 Å². The van der Waals surface area contributed by atoms with E-state index in [1.807, 2.05) is 0 Å². The monoisotopic (exact) mass is 396 g/mol. The van der Waals surface area contributed by atoms with Crippen LogP contribution in [0.15, 0.2) is 11.8 Å². The zero-order valence-electron chi connectivity index (χ0n) is 17.5. The number of rotatable bonds is 16. The van der Waals surface area contributed by atoms with Crippen molar-refractivity contribution in [2.75, 3.05) is 14.2 Å². The lowest BCUT2D eigenvalue weighted by Crippen LogP contribution is -2.32. The Morgan fingerprint density at radius 3 is 1.86 bits per heavy atom. The molecule has 6 nitrogen and oxygen atoms in total. The highest BCUT2D eigenvalue weighted by Gasteiger charge is 2.36. The van der Waals surface area contributed by atoms with Gasteiger partial charge in [0.1, 0.15) is 11.7 Å². The van der Waals surface area contributed by atoms with Crippen LogP contribution in [0.2, 0.25) is 0 Å². The van der Waals surface area contributed by atoms with Gasteiger partial charge in [0.2, 0.25) is 0 Å². The van der Waals surface area contributed by atoms with E-state index >= 15 is 0 Å². The van der Waals surface area contributed by atoms with Gasteiger partial charge in [-0.05, 0) is 38.2 Å². The standard InChI is InChI=1S/C22H36O6/c1-26-20(23)16-12-8-4-3-7-11-15-19-18(22(25)28-19)14-10-6-5-9-13-17-21(24)27-2/h15,18H,3-14,16-17H2,1-2H3/b19-15-. The molecule has 0 N–H and O–H groups in total. The number of unbranched alkanes of at least 4 members (excludes halogenated alkanes) is 9. The molecule has 1 aliphatic rings. The molecule has 0 saturated carbocycles. The number of methoxy groups -OCH3 is 2. The molecule has 0 aliphatic carbocycles. The Kier molecular flexibility index (Phi) is 13.1. The Morgan fingerprint density at radius 2 is 1.32 bits per heavy atom. The topological polar surface area (TPSA) is 78.9 Å². The maximum absolute atomic E-state index is 11.6. The first-order valence-corrected chi connectivity index (χ1v) is 10.6. The molecule has 1 rings (SSSR count). The third kappa shape index (κ3) is 10.5. The highest BCUT2D eigenvalue weighted by molar-refractivity contribution is 5.82. The molecule has 0 amide bonds. The van der Waals surface area contributed by atoms with Gasteiger partial charge in [0.25, 0.3) is 0 Å². The Labute approximate surface area is 169 Å². The second kappa shape index (κ2) is 15.1. The van der Waals surface area contributed by atoms with Crippen molar-refractivity contribution < 1.29 is 28.6 Å². The van der Waals surface area contributed by atoms with Crippen LogP contribution in [0.5, 0.6) is 0 Å². The molecule has 1 aliphatic heterocycles. The maximum Gasteiger partial charge on any atom is 0.321 e. The predicted octanol–water partition coefficient (Wildman–Crippen LogP) is 4.85. The summed E-state index contributed by atoms with van der Waals surface area (Å²) in [6.07, 6.45) is 15.1. The molecule has 1 unspecified atom stereocenters. The van der Waals surface area contributed by atoms with E-state index in [9.17, 15) is 14.4 Å². The van der Waals surface area contributed by atoms with Crippen molar-refractivity contribution in [3.63, 3.8) is 0 Å². The number of hydrogen-bond acceptors (Lipinski definition) is 6. The van der Waals surface area contributed by atoms with E-state index < -0.39 is 0 Å². The van der Waals surface area contributed by atoms with Gasteiger partial charge in [0.05, 0.1) is 14.2 Å². The van der Waals surface area contributed by atoms with Gasteiger partial charge in [-0.1, -0.05) is 44.9 Å². The van der Waals surface area contributed by atoms with Crippen molar-refractivity contribution in [2.45, 2.75) is 89.9 Å². The summed E-state index contributed by atoms with van der Waals surface area (Å²) in [5.74, 6) is 0.424. The van der Waals surface area contributed by atoms with Gasteiger partial charge in [0, 0.05) is 12.8 Å². The highest BCUT2D eigenvalue weighted by atomic mass is 16.6. The van der Waals surface area contributed by atoms with E-state index in [2.05, 4.69) is 15.5 Å². The molecule has 0 radical (unpaired) electrons. The number of carbonyl (C=O) groups excluding carboxylic acids is 3. The summed E-state index contributed by atoms with van der Waals surface area (Å²) in [6, 6.07) is 0. The SMILES string of the molecule is COC(=O)CCCCCCC/C=C1\OC(=O)C1CCCCCCCC(=O)OC. The van der Waals surface area contributed by atoms with Crippen molar-refractivity contribution in [3.05, 3.63) is 11.8 Å². The fourth-order valence-electron chi connectivity index (χ4n) is 3.30. The zero-order valence-corrected chi connectivity index (χ0v) is 17.5. The number of ether oxygens (including phenoxy) is 3. The molecule has 0 bridgehead atoms. The summed E-state index contributed by atoms with van der Waals surface area (Å²) < 4.78 is 14.4. The lowest BCUT2D eigenvalue weighted by molar-refractivity contribution is -0.157. The number of cyclic esters (lactones) is 1. The van der Waals surface area contributed by atoms with Crippen LogP contribution < -0.4 is 0 Å². The molecule has 1 fully saturated rings. The molecular weight excluding hydrogens is 360 g/mol. The molecule has 0 aromatic rings. The van der Waals surface area contributed by atoms with Gasteiger partial charge in [0.15, 0.2) is 0 Å². The quantitative estimate of drug-likeness (QED) is 0.211. The molecule has 28 heavy (non-hydrogen) atoms. The zero-order chi connectivity index (χ0) is 20.6. The van der Waals surface area contributed by atoms with Crippen LogP contribution in [0, 0.1) is 5.92 Å². The third-order valence-corrected chi connectivity index (χ3v) is 5.11. The second-order valence-corrected chi connectivity index (χ2v) is 7.35. The summed E-state index contributed by atoms with van der Waals surface area (Å²) in [7, 11) is 2.84. The highest BCUT2D eigenvalue weighted by Crippen LogP contribution is 2.32. The predicted molar refractivity (Wildman–Crippen MR) is 106 cm³/mol. The molecule has 6 heteroatoms. The van der Waals surface area contributed by atoms with Crippen LogP contribution in [0.25, 0.3) is 0 Å². The van der Waals surface area contributed by atoms with Crippen molar-refractivity contribution in [3.8, 4) is 0 Å². The fraction of sp³-hybridized carbons (Fsp3) is 0.773. The fourth-order valence-corrected chi connectivity index (χ4v) is 3.30. The van der Waals surface area contributed by atoms with Crippen LogP contribution in [0.4, 0.5) is 0 Å². The average molecular weight is 397 g/mol. The largest absolute Gasteiger partial charge is 0.469 e. The van der Waals surface area contributed by atoms with Crippen LogP contribution in [-0.4, -0.2) is 32.1 Å². The van der Waals surface area contributed by atoms with Crippen molar-refractivity contribution in [1.82, 2.24) is 0 Å². The Hall–Kier alpha value is -1.85. The van der Waals surface area contributed by atoms with E-state index in [4.69, 9.17) is 4.74 Å². The van der Waals surface area contributed by atoms with Crippen molar-refractivity contribution in [2.24, 2.45) is 5.92 Å². The molecular formula is C22H36O6. The van der Waals surface area contributed by atoms with E-state index in [1.165, 1.54) is 14.2 Å². The molecule has 0 aromatic heterocycles. The summed E-state index contributed by atoms with van der Waals surface area (Å²) in [4.78, 5) is 33.7. The summed E-state index contributed by atoms with van der Waals surface area (Å²) >= 11 is 0. The van der Waals surface area contributed by atoms with Gasteiger partial charge in [-0.25, -0.2) is 0 Å². The summed E-state index contributed by atoms with van der Waals surface area (Å²) in [6.45, 7) is 0. The second-order valence-electron chi connectivity index (χ2n) is 7.35. The molecule has 0 aromatic carbocycles. The molecule has 0 spiro atoms. The number of esters is 3. The average Bonchev–Trinajstić information content (AvgIpc) is 2.70. The van der Waals surface area contributed by atoms with Crippen LogP contribution >= 0.6 is 0 Å². The van der Waals surface area contributed by atoms with Crippen molar-refractivity contribution in [1.29, 1.82) is 0 Å². The molecule has 1 heterocycles. The van der Waals surface area contributed by atoms with Crippen LogP contribution in [-0.2, 0) is 28.6 Å². The Morgan fingerprint density at radius 1 is 0.821 bits per heavy atom. The van der Waals surface area contributed by atoms with Gasteiger partial charge in [-0.2, -0.15) is 0 Å². The first kappa shape index (κ1) is 24.2. The van der Waals surface area contributed by atoms with E-state index in [0.717, 1.165) is 82.8 Å². The van der Waals surface area contributed by atoms with E-state index in [0.29, 0.717) is 12.8 Å². The van der Waals surface area contributed by atoms with Gasteiger partial charge in [-0.3, -0.25) is 14.4 Å². The normalized spacial score (nSPS) is 17.1. The first-order chi connectivity index (χ1) is 13.6. The number of carbonyl (C=O) groups is 3. The van der Waals surface area contributed by atoms with Crippen LogP contribution in [0.3, 0.4) is 0 Å². The van der Waals surface area contributed by atoms with Gasteiger partial charge < -0.3 is 14.2 Å². The molecule has 160 valence electrons. The molecule has 1 atom stereocenters. The van der Waals surface area contributed by atoms with Crippen molar-refractivity contribution >= 4 is 17.9 Å². The minimum absolute atomic E-state index is 0.0462. The van der Waals surface area contributed by atoms with E-state index in [-0.39, 0.29) is 23.8 Å². The van der Waals surface area contributed by atoms with Gasteiger partial charge in [-0.15, -0.1) is 0 Å². The number of hydrogen-bond donors (Lipinski definition) is 0. The van der Waals surface area contributed by atoms with E-state index in [1.54, 1.807) is 0 Å². The first-order valence-electron chi connectivity index (χ1n) is 10.6. The smallest absolute Gasteiger partial charge is 0.321 e. The van der Waals surface area contributed by atoms with Gasteiger partial charge >= 0.3 is 17.9 Å². The number of allylic oxidation sites excluding steroid dienone is 1. The third-order valence-electron chi connectivity index (χ3n) is 5.11. The lowest BCUT2D eigenvalue weighted by Gasteiger charge is -2.28. The maximum atomic E-state index is 11.6. The summed E-state index contributed by atoms with van der Waals surface area (Å²) in [5, 5.41) is 0. The molecule has 1 saturated heterocycles. The minimum Gasteiger partial charge on any atom is -0.469 e.